The van der Waals surface area contributed by atoms with Gasteiger partial charge in [-0.05, 0) is 104 Å². The molecule has 9 aromatic rings. The maximum Gasteiger partial charge on any atom is 1.00 e. The molecule has 0 saturated carbocycles. The van der Waals surface area contributed by atoms with Gasteiger partial charge in [-0.15, -0.1) is 23.5 Å². The number of thioether (sulfide) groups is 8. The summed E-state index contributed by atoms with van der Waals surface area (Å²) in [5.41, 5.74) is 12.8. The number of rotatable bonds is 42. The fourth-order valence-corrected chi connectivity index (χ4v) is 18.4. The molecule has 0 aromatic heterocycles. The zero-order chi connectivity index (χ0) is 79.4. The van der Waals surface area contributed by atoms with Gasteiger partial charge in [0.05, 0.1) is 24.7 Å². The number of Topliss-reactive ketones (excluding diaryl/α,β-unsaturated/α-hetero) is 2. The average Bonchev–Trinajstić information content (AvgIpc) is 0.935. The molecule has 0 amide bonds. The molecule has 3 radical (unpaired) electrons. The van der Waals surface area contributed by atoms with Gasteiger partial charge in [0.1, 0.15) is 5.78 Å². The van der Waals surface area contributed by atoms with Crippen LogP contribution in [0.1, 0.15) is 105 Å². The summed E-state index contributed by atoms with van der Waals surface area (Å²) >= 11 is 19.2. The van der Waals surface area contributed by atoms with Crippen LogP contribution < -0.4 is 29.6 Å². The Hall–Kier alpha value is -4.24. The number of esters is 2. The fraction of sp³-hybridized carbons (Fsp3) is 0.322. The monoisotopic (exact) mass is 1770 g/mol. The first kappa shape index (κ1) is 106. The standard InChI is InChI=1S/C21H26O2S2.C21H24O2S2.C19H22O2S2.C17H18OS2.C7H8S.C5H10O.B.2ClH.Na.Ni.H/c2*1-2-23-21(22)13-20(16-24-14-18-9-5-3-6-10-18)17-25-15-19-11-7-4-8-12-19;20-19(21)11-18(14-22-12-16-7-3-1-4-8-16)15-23-13-17-9-5-2-6-10-17;18-17(13-19-11-15-7-3-1-4-8-15)14-20-12-16-9-5-2-6-10-16;8-6-7-4-2-1-3-5-7;1-3-5(6)4-2;;;;;;/h3-12,20H,2,13-17H2,1H3;3-13H,2,14-17H2,1H3;1-10,18H,11-15H2,(H,20,21);1-10H,11-14H2;1-5,8H,6H2;3-4H2,1-2H3;;2*1H;;;/q;;;;;;;;;+1;+2;-1/p-2. The molecule has 0 aliphatic heterocycles. The van der Waals surface area contributed by atoms with Gasteiger partial charge in [-0.2, -0.15) is 83.2 Å². The number of thiol groups is 1. The van der Waals surface area contributed by atoms with Crippen LogP contribution in [0.2, 0.25) is 0 Å². The van der Waals surface area contributed by atoms with E-state index < -0.39 is 5.97 Å². The van der Waals surface area contributed by atoms with Crippen LogP contribution in [-0.2, 0) is 97.9 Å². The Labute approximate surface area is 750 Å². The van der Waals surface area contributed by atoms with Gasteiger partial charge in [-0.25, -0.2) is 4.79 Å². The fourth-order valence-electron chi connectivity index (χ4n) is 9.52. The molecule has 0 aliphatic carbocycles. The van der Waals surface area contributed by atoms with Gasteiger partial charge in [-0.1, -0.05) is 287 Å². The summed E-state index contributed by atoms with van der Waals surface area (Å²) in [6.45, 7) is 8.33. The van der Waals surface area contributed by atoms with Gasteiger partial charge in [0, 0.05) is 103 Å². The number of hydrogen-bond acceptors (Lipinski definition) is 16. The predicted molar refractivity (Wildman–Crippen MR) is 494 cm³/mol. The Morgan fingerprint density at radius 2 is 0.607 bits per heavy atom. The molecule has 0 fully saturated rings. The van der Waals surface area contributed by atoms with E-state index in [4.69, 9.17) is 35.0 Å². The van der Waals surface area contributed by atoms with Crippen LogP contribution in [0.4, 0.5) is 0 Å². The minimum atomic E-state index is -0.698. The number of carbonyl (C=O) groups is 5. The molecule has 0 saturated heterocycles. The van der Waals surface area contributed by atoms with Crippen molar-refractivity contribution in [3.05, 3.63) is 335 Å². The summed E-state index contributed by atoms with van der Waals surface area (Å²) in [4.78, 5) is 56.7. The number of ketones is 2. The van der Waals surface area contributed by atoms with Gasteiger partial charge in [0.15, 0.2) is 5.78 Å². The summed E-state index contributed by atoms with van der Waals surface area (Å²) in [6.07, 6.45) is 3.81. The van der Waals surface area contributed by atoms with E-state index in [1.807, 2.05) is 214 Å². The Balaban J connectivity index is 0.00000137. The predicted octanol–water partition coefficient (Wildman–Crippen LogP) is 21.7. The molecule has 0 bridgehead atoms. The molecule has 8 nitrogen and oxygen atoms in total. The van der Waals surface area contributed by atoms with Crippen molar-refractivity contribution in [2.75, 3.05) is 59.2 Å². The van der Waals surface area contributed by atoms with E-state index in [1.165, 1.54) is 50.1 Å². The molecule has 0 unspecified atom stereocenters. The van der Waals surface area contributed by atoms with Crippen LogP contribution in [-0.4, -0.2) is 102 Å². The zero-order valence-electron chi connectivity index (χ0n) is 66.1. The summed E-state index contributed by atoms with van der Waals surface area (Å²) in [7, 11) is 9.40. The van der Waals surface area contributed by atoms with Crippen molar-refractivity contribution in [1.29, 1.82) is 0 Å². The Bertz CT molecular complexity index is 3580. The van der Waals surface area contributed by atoms with Crippen LogP contribution in [0, 0.1) is 11.8 Å². The average molecular weight is 1770 g/mol. The maximum absolute atomic E-state index is 11.9. The summed E-state index contributed by atoms with van der Waals surface area (Å²) in [5, 5.41) is 9.10. The SMILES string of the molecule is CCC(=O)CC.CCOC(=O)C=C(CSCc1ccccc1)CSCc1ccccc1.CCOC(=O)CC(CSCc1ccccc1)CSCc1ccccc1.O=C(CSCc1ccccc1)CSCc1ccccc1.O=C(O)CC(CSCc1ccccc1)CSCc1ccccc1.SCc1ccccc1.[B].[Cl][Ni][Cl].[H-].[Na+]. The zero-order valence-corrected chi connectivity index (χ0v) is 77.1. The molecular formula is C90H109BCl2NaNiO8S9. The van der Waals surface area contributed by atoms with Crippen LogP contribution >= 0.6 is 127 Å². The van der Waals surface area contributed by atoms with Crippen molar-refractivity contribution < 1.29 is 82.2 Å². The number of aliphatic carboxylic acids is 1. The second-order valence-electron chi connectivity index (χ2n) is 24.3. The third kappa shape index (κ3) is 59.4. The van der Waals surface area contributed by atoms with Crippen molar-refractivity contribution in [3.8, 4) is 0 Å². The van der Waals surface area contributed by atoms with Gasteiger partial charge >= 0.3 is 80.5 Å². The first-order valence-corrected chi connectivity index (χ1v) is 49.1. The second-order valence-corrected chi connectivity index (χ2v) is 34.3. The minimum Gasteiger partial charge on any atom is -1.00 e. The van der Waals surface area contributed by atoms with E-state index in [0.717, 1.165) is 91.9 Å². The van der Waals surface area contributed by atoms with Crippen molar-refractivity contribution in [2.45, 2.75) is 105 Å². The second kappa shape index (κ2) is 74.3. The summed E-state index contributed by atoms with van der Waals surface area (Å²) in [5.74, 6) is 15.3. The van der Waals surface area contributed by atoms with E-state index in [9.17, 15) is 24.0 Å². The first-order valence-electron chi connectivity index (χ1n) is 36.5. The topological polar surface area (TPSA) is 124 Å². The Morgan fingerprint density at radius 1 is 0.375 bits per heavy atom. The van der Waals surface area contributed by atoms with Crippen LogP contribution in [0.3, 0.4) is 0 Å². The number of halogens is 2. The third-order valence-electron chi connectivity index (χ3n) is 15.1. The Morgan fingerprint density at radius 3 is 0.821 bits per heavy atom. The molecule has 0 heterocycles. The Kier molecular flexibility index (Phi) is 70.2. The van der Waals surface area contributed by atoms with Gasteiger partial charge < -0.3 is 16.0 Å². The molecule has 22 heteroatoms. The van der Waals surface area contributed by atoms with Crippen molar-refractivity contribution in [3.63, 3.8) is 0 Å². The van der Waals surface area contributed by atoms with Gasteiger partial charge in [0.2, 0.25) is 0 Å². The normalized spacial score (nSPS) is 10.1. The molecule has 9 rings (SSSR count). The molecule has 9 aromatic carbocycles. The molecular weight excluding hydrogens is 1660 g/mol. The molecule has 0 spiro atoms. The molecule has 599 valence electrons. The number of ether oxygens (including phenoxy) is 2. The number of carboxylic acids is 1. The summed E-state index contributed by atoms with van der Waals surface area (Å²) in [6, 6.07) is 93.2. The van der Waals surface area contributed by atoms with Crippen molar-refractivity contribution in [1.82, 2.24) is 0 Å². The quantitative estimate of drug-likeness (QED) is 0.0163. The minimum absolute atomic E-state index is 0. The number of benzene rings is 9. The van der Waals surface area contributed by atoms with E-state index in [-0.39, 0.29) is 63.7 Å². The van der Waals surface area contributed by atoms with Gasteiger partial charge in [0.25, 0.3) is 0 Å². The third-order valence-corrected chi connectivity index (χ3v) is 24.7. The maximum atomic E-state index is 11.9. The number of carboxylic acid groups (broad SMARTS) is 1. The molecule has 1 N–H and O–H groups in total. The van der Waals surface area contributed by atoms with E-state index in [0.29, 0.717) is 74.1 Å². The molecule has 0 aliphatic rings. The molecule has 0 atom stereocenters. The largest absolute Gasteiger partial charge is 1.00 e. The van der Waals surface area contributed by atoms with Crippen molar-refractivity contribution >= 4 is 165 Å². The van der Waals surface area contributed by atoms with Crippen LogP contribution in [0.15, 0.2) is 285 Å². The van der Waals surface area contributed by atoms with E-state index >= 15 is 0 Å². The van der Waals surface area contributed by atoms with E-state index in [2.05, 4.69) is 170 Å². The van der Waals surface area contributed by atoms with Gasteiger partial charge in [-0.3, -0.25) is 19.2 Å². The summed E-state index contributed by atoms with van der Waals surface area (Å²) < 4.78 is 10.2. The van der Waals surface area contributed by atoms with E-state index in [1.54, 1.807) is 29.6 Å². The van der Waals surface area contributed by atoms with Crippen LogP contribution in [0.25, 0.3) is 0 Å². The number of hydrogen-bond donors (Lipinski definition) is 2. The molecule has 112 heavy (non-hydrogen) atoms. The first-order chi connectivity index (χ1) is 53.8. The number of carbonyl (C=O) groups excluding carboxylic acids is 4. The van der Waals surface area contributed by atoms with Crippen molar-refractivity contribution in [2.24, 2.45) is 11.8 Å². The smallest absolute Gasteiger partial charge is 1.00 e. The van der Waals surface area contributed by atoms with Crippen LogP contribution in [0.5, 0.6) is 0 Å².